The highest BCUT2D eigenvalue weighted by Gasteiger charge is 2.22. The van der Waals surface area contributed by atoms with E-state index in [2.05, 4.69) is 34.3 Å². The van der Waals surface area contributed by atoms with Crippen molar-refractivity contribution in [2.24, 2.45) is 0 Å². The molecule has 0 saturated heterocycles. The van der Waals surface area contributed by atoms with Crippen molar-refractivity contribution in [1.82, 2.24) is 14.9 Å². The van der Waals surface area contributed by atoms with Crippen LogP contribution >= 0.6 is 0 Å². The van der Waals surface area contributed by atoms with Crippen LogP contribution in [0.1, 0.15) is 31.4 Å². The molecule has 1 saturated carbocycles. The van der Waals surface area contributed by atoms with Crippen molar-refractivity contribution in [2.75, 3.05) is 19.4 Å². The van der Waals surface area contributed by atoms with Crippen LogP contribution in [-0.4, -0.2) is 41.0 Å². The van der Waals surface area contributed by atoms with Crippen molar-refractivity contribution in [3.8, 4) is 0 Å². The van der Waals surface area contributed by atoms with E-state index in [-0.39, 0.29) is 0 Å². The van der Waals surface area contributed by atoms with E-state index in [1.54, 1.807) is 6.33 Å². The van der Waals surface area contributed by atoms with Gasteiger partial charge in [-0.1, -0.05) is 0 Å². The summed E-state index contributed by atoms with van der Waals surface area (Å²) in [6.07, 6.45) is 6.63. The van der Waals surface area contributed by atoms with Crippen molar-refractivity contribution < 1.29 is 0 Å². The average Bonchev–Trinajstić information content (AvgIpc) is 2.29. The number of nitrogens with one attached hydrogen (secondary N) is 1. The molecular formula is C13H22N4. The van der Waals surface area contributed by atoms with Crippen LogP contribution in [0.4, 0.5) is 5.82 Å². The molecule has 1 heterocycles. The van der Waals surface area contributed by atoms with E-state index in [0.29, 0.717) is 6.04 Å². The Kier molecular flexibility index (Phi) is 3.94. The maximum Gasteiger partial charge on any atom is 0.129 e. The topological polar surface area (TPSA) is 41.0 Å². The largest absolute Gasteiger partial charge is 0.367 e. The van der Waals surface area contributed by atoms with Gasteiger partial charge < -0.3 is 10.2 Å². The highest BCUT2D eigenvalue weighted by molar-refractivity contribution is 5.35. The standard InChI is InChI=1S/C13H22N4/c1-10-8-13(15-9-14-10)16-11-4-6-12(7-5-11)17(2)3/h8-9,11-12H,4-7H2,1-3H3,(H,14,15,16)/t11-,12-. The zero-order chi connectivity index (χ0) is 12.3. The van der Waals surface area contributed by atoms with Gasteiger partial charge in [0, 0.05) is 23.8 Å². The molecule has 1 aliphatic rings. The lowest BCUT2D eigenvalue weighted by atomic mass is 9.90. The zero-order valence-electron chi connectivity index (χ0n) is 11.0. The minimum atomic E-state index is 0.570. The predicted molar refractivity (Wildman–Crippen MR) is 70.1 cm³/mol. The summed E-state index contributed by atoms with van der Waals surface area (Å²) in [5.41, 5.74) is 1.02. The molecule has 0 bridgehead atoms. The summed E-state index contributed by atoms with van der Waals surface area (Å²) < 4.78 is 0. The lowest BCUT2D eigenvalue weighted by Gasteiger charge is -2.33. The van der Waals surface area contributed by atoms with E-state index < -0.39 is 0 Å². The Hall–Kier alpha value is -1.16. The second-order valence-corrected chi connectivity index (χ2v) is 5.16. The number of hydrogen-bond acceptors (Lipinski definition) is 4. The molecule has 0 unspecified atom stereocenters. The first-order valence-electron chi connectivity index (χ1n) is 6.37. The Morgan fingerprint density at radius 2 is 1.88 bits per heavy atom. The van der Waals surface area contributed by atoms with Gasteiger partial charge in [0.1, 0.15) is 12.1 Å². The van der Waals surface area contributed by atoms with Gasteiger partial charge >= 0.3 is 0 Å². The second kappa shape index (κ2) is 5.45. The van der Waals surface area contributed by atoms with Crippen LogP contribution in [0.15, 0.2) is 12.4 Å². The van der Waals surface area contributed by atoms with Gasteiger partial charge in [0.2, 0.25) is 0 Å². The number of hydrogen-bond donors (Lipinski definition) is 1. The van der Waals surface area contributed by atoms with E-state index in [1.807, 2.05) is 13.0 Å². The molecule has 1 aromatic heterocycles. The van der Waals surface area contributed by atoms with Crippen LogP contribution in [0.3, 0.4) is 0 Å². The Morgan fingerprint density at radius 3 is 2.47 bits per heavy atom. The van der Waals surface area contributed by atoms with Crippen molar-refractivity contribution in [3.05, 3.63) is 18.1 Å². The van der Waals surface area contributed by atoms with E-state index in [4.69, 9.17) is 0 Å². The van der Waals surface area contributed by atoms with Crippen molar-refractivity contribution >= 4 is 5.82 Å². The highest BCUT2D eigenvalue weighted by Crippen LogP contribution is 2.23. The van der Waals surface area contributed by atoms with Crippen molar-refractivity contribution in [1.29, 1.82) is 0 Å². The number of aryl methyl sites for hydroxylation is 1. The number of nitrogens with zero attached hydrogens (tertiary/aromatic N) is 3. The summed E-state index contributed by atoms with van der Waals surface area (Å²) in [6, 6.07) is 3.33. The molecule has 2 rings (SSSR count). The molecule has 0 aromatic carbocycles. The SMILES string of the molecule is Cc1cc(N[C@H]2CC[C@H](N(C)C)CC2)ncn1. The fourth-order valence-corrected chi connectivity index (χ4v) is 2.48. The Balaban J connectivity index is 1.86. The maximum absolute atomic E-state index is 4.26. The minimum Gasteiger partial charge on any atom is -0.367 e. The Bertz CT molecular complexity index is 356. The molecule has 1 N–H and O–H groups in total. The molecule has 1 fully saturated rings. The molecule has 1 aromatic rings. The molecule has 0 atom stereocenters. The third-order valence-electron chi connectivity index (χ3n) is 3.58. The van der Waals surface area contributed by atoms with Gasteiger partial charge in [-0.25, -0.2) is 9.97 Å². The summed E-state index contributed by atoms with van der Waals surface area (Å²) in [7, 11) is 4.35. The molecule has 17 heavy (non-hydrogen) atoms. The van der Waals surface area contributed by atoms with Crippen molar-refractivity contribution in [3.63, 3.8) is 0 Å². The first-order valence-corrected chi connectivity index (χ1v) is 6.37. The fraction of sp³-hybridized carbons (Fsp3) is 0.692. The number of rotatable bonds is 3. The highest BCUT2D eigenvalue weighted by atomic mass is 15.1. The molecule has 0 aliphatic heterocycles. The Labute approximate surface area is 103 Å². The summed E-state index contributed by atoms with van der Waals surface area (Å²) in [5.74, 6) is 0.964. The minimum absolute atomic E-state index is 0.570. The predicted octanol–water partition coefficient (Wildman–Crippen LogP) is 2.07. The molecule has 0 amide bonds. The maximum atomic E-state index is 4.26. The molecule has 4 heteroatoms. The van der Waals surface area contributed by atoms with Gasteiger partial charge in [-0.2, -0.15) is 0 Å². The number of aromatic nitrogens is 2. The third kappa shape index (κ3) is 3.40. The monoisotopic (exact) mass is 234 g/mol. The average molecular weight is 234 g/mol. The summed E-state index contributed by atoms with van der Waals surface area (Å²) in [4.78, 5) is 10.7. The summed E-state index contributed by atoms with van der Waals surface area (Å²) in [6.45, 7) is 2.00. The third-order valence-corrected chi connectivity index (χ3v) is 3.58. The van der Waals surface area contributed by atoms with Crippen LogP contribution in [0.5, 0.6) is 0 Å². The van der Waals surface area contributed by atoms with Gasteiger partial charge in [0.05, 0.1) is 0 Å². The van der Waals surface area contributed by atoms with E-state index in [9.17, 15) is 0 Å². The van der Waals surface area contributed by atoms with Crippen LogP contribution in [0, 0.1) is 6.92 Å². The fourth-order valence-electron chi connectivity index (χ4n) is 2.48. The molecular weight excluding hydrogens is 212 g/mol. The number of anilines is 1. The molecule has 4 nitrogen and oxygen atoms in total. The summed E-state index contributed by atoms with van der Waals surface area (Å²) in [5, 5.41) is 3.51. The lowest BCUT2D eigenvalue weighted by molar-refractivity contribution is 0.221. The molecule has 94 valence electrons. The zero-order valence-corrected chi connectivity index (χ0v) is 11.0. The normalized spacial score (nSPS) is 24.9. The van der Waals surface area contributed by atoms with Gasteiger partial charge in [0.15, 0.2) is 0 Å². The van der Waals surface area contributed by atoms with Crippen LogP contribution < -0.4 is 5.32 Å². The quantitative estimate of drug-likeness (QED) is 0.869. The van der Waals surface area contributed by atoms with Gasteiger partial charge in [-0.3, -0.25) is 0 Å². The first kappa shape index (κ1) is 12.3. The first-order chi connectivity index (χ1) is 8.15. The summed E-state index contributed by atoms with van der Waals surface area (Å²) >= 11 is 0. The lowest BCUT2D eigenvalue weighted by Crippen LogP contribution is -2.36. The van der Waals surface area contributed by atoms with E-state index in [1.165, 1.54) is 25.7 Å². The Morgan fingerprint density at radius 1 is 1.18 bits per heavy atom. The van der Waals surface area contributed by atoms with Crippen LogP contribution in [0.2, 0.25) is 0 Å². The molecule has 0 radical (unpaired) electrons. The second-order valence-electron chi connectivity index (χ2n) is 5.16. The van der Waals surface area contributed by atoms with Gasteiger partial charge in [-0.15, -0.1) is 0 Å². The van der Waals surface area contributed by atoms with Gasteiger partial charge in [0.25, 0.3) is 0 Å². The van der Waals surface area contributed by atoms with Crippen LogP contribution in [0.25, 0.3) is 0 Å². The smallest absolute Gasteiger partial charge is 0.129 e. The van der Waals surface area contributed by atoms with Crippen LogP contribution in [-0.2, 0) is 0 Å². The van der Waals surface area contributed by atoms with E-state index in [0.717, 1.165) is 17.6 Å². The van der Waals surface area contributed by atoms with E-state index >= 15 is 0 Å². The van der Waals surface area contributed by atoms with Crippen molar-refractivity contribution in [2.45, 2.75) is 44.7 Å². The molecule has 0 spiro atoms. The van der Waals surface area contributed by atoms with Gasteiger partial charge in [-0.05, 0) is 46.7 Å². The molecule has 1 aliphatic carbocycles.